The van der Waals surface area contributed by atoms with Crippen molar-refractivity contribution >= 4 is 26.8 Å². The van der Waals surface area contributed by atoms with Crippen LogP contribution in [0.15, 0.2) is 34.9 Å². The molecule has 0 aliphatic heterocycles. The van der Waals surface area contributed by atoms with Crippen molar-refractivity contribution in [3.63, 3.8) is 0 Å². The lowest BCUT2D eigenvalue weighted by Gasteiger charge is -2.07. The summed E-state index contributed by atoms with van der Waals surface area (Å²) >= 11 is 3.32. The SMILES string of the molecule is OC(O)c1ccnc2ccc(Br)cc12. The van der Waals surface area contributed by atoms with Gasteiger partial charge in [-0.2, -0.15) is 0 Å². The molecule has 2 aromatic rings. The first-order valence-corrected chi connectivity index (χ1v) is 4.88. The highest BCUT2D eigenvalue weighted by Gasteiger charge is 2.08. The van der Waals surface area contributed by atoms with Crippen molar-refractivity contribution in [3.05, 3.63) is 40.5 Å². The Hall–Kier alpha value is -0.970. The van der Waals surface area contributed by atoms with Gasteiger partial charge in [-0.15, -0.1) is 0 Å². The topological polar surface area (TPSA) is 53.4 Å². The second-order valence-corrected chi connectivity index (χ2v) is 3.85. The van der Waals surface area contributed by atoms with Crippen LogP contribution in [0.5, 0.6) is 0 Å². The Bertz CT molecular complexity index is 471. The molecule has 1 heterocycles. The van der Waals surface area contributed by atoms with Crippen molar-refractivity contribution in [2.75, 3.05) is 0 Å². The summed E-state index contributed by atoms with van der Waals surface area (Å²) in [4.78, 5) is 4.12. The molecule has 2 rings (SSSR count). The summed E-state index contributed by atoms with van der Waals surface area (Å²) in [7, 11) is 0. The van der Waals surface area contributed by atoms with Crippen LogP contribution in [0.3, 0.4) is 0 Å². The predicted molar refractivity (Wildman–Crippen MR) is 56.6 cm³/mol. The van der Waals surface area contributed by atoms with Gasteiger partial charge in [0.2, 0.25) is 0 Å². The van der Waals surface area contributed by atoms with E-state index in [9.17, 15) is 0 Å². The molecule has 4 heteroatoms. The average molecular weight is 254 g/mol. The Morgan fingerprint density at radius 3 is 2.71 bits per heavy atom. The normalized spacial score (nSPS) is 11.1. The summed E-state index contributed by atoms with van der Waals surface area (Å²) in [6.45, 7) is 0. The number of halogens is 1. The molecule has 2 N–H and O–H groups in total. The Kier molecular flexibility index (Phi) is 2.50. The van der Waals surface area contributed by atoms with Crippen LogP contribution in [-0.4, -0.2) is 15.2 Å². The molecule has 0 amide bonds. The minimum atomic E-state index is -1.46. The lowest BCUT2D eigenvalue weighted by atomic mass is 10.1. The molecule has 0 bridgehead atoms. The molecule has 0 aliphatic rings. The number of hydrogen-bond donors (Lipinski definition) is 2. The quantitative estimate of drug-likeness (QED) is 0.765. The van der Waals surface area contributed by atoms with E-state index in [1.165, 1.54) is 0 Å². The van der Waals surface area contributed by atoms with E-state index in [0.717, 1.165) is 15.4 Å². The van der Waals surface area contributed by atoms with Gasteiger partial charge in [-0.25, -0.2) is 0 Å². The van der Waals surface area contributed by atoms with Crippen LogP contribution in [0.25, 0.3) is 10.9 Å². The number of nitrogens with zero attached hydrogens (tertiary/aromatic N) is 1. The standard InChI is InChI=1S/C10H8BrNO2/c11-6-1-2-9-8(5-6)7(10(13)14)3-4-12-9/h1-5,10,13-14H. The van der Waals surface area contributed by atoms with Gasteiger partial charge in [0.1, 0.15) is 0 Å². The number of pyridine rings is 1. The van der Waals surface area contributed by atoms with Crippen LogP contribution in [-0.2, 0) is 0 Å². The van der Waals surface area contributed by atoms with Gasteiger partial charge in [0.05, 0.1) is 5.52 Å². The highest BCUT2D eigenvalue weighted by molar-refractivity contribution is 9.10. The molecule has 14 heavy (non-hydrogen) atoms. The maximum atomic E-state index is 9.13. The number of rotatable bonds is 1. The molecule has 1 aromatic heterocycles. The first-order valence-electron chi connectivity index (χ1n) is 4.09. The summed E-state index contributed by atoms with van der Waals surface area (Å²) in [6.07, 6.45) is 0.0974. The third-order valence-corrected chi connectivity index (χ3v) is 2.51. The fourth-order valence-corrected chi connectivity index (χ4v) is 1.73. The molecular weight excluding hydrogens is 246 g/mol. The number of fused-ring (bicyclic) bond motifs is 1. The Balaban J connectivity index is 2.77. The van der Waals surface area contributed by atoms with E-state index < -0.39 is 6.29 Å². The van der Waals surface area contributed by atoms with Crippen molar-refractivity contribution in [1.82, 2.24) is 4.98 Å². The maximum absolute atomic E-state index is 9.13. The summed E-state index contributed by atoms with van der Waals surface area (Å²) in [6, 6.07) is 7.10. The lowest BCUT2D eigenvalue weighted by Crippen LogP contribution is -1.96. The van der Waals surface area contributed by atoms with Gasteiger partial charge in [0, 0.05) is 21.6 Å². The van der Waals surface area contributed by atoms with Gasteiger partial charge < -0.3 is 10.2 Å². The third kappa shape index (κ3) is 1.64. The van der Waals surface area contributed by atoms with Crippen LogP contribution < -0.4 is 0 Å². The maximum Gasteiger partial charge on any atom is 0.179 e. The van der Waals surface area contributed by atoms with Gasteiger partial charge in [-0.1, -0.05) is 15.9 Å². The van der Waals surface area contributed by atoms with Crippen molar-refractivity contribution in [3.8, 4) is 0 Å². The molecule has 0 saturated heterocycles. The largest absolute Gasteiger partial charge is 0.364 e. The predicted octanol–water partition coefficient (Wildman–Crippen LogP) is 1.98. The highest BCUT2D eigenvalue weighted by Crippen LogP contribution is 2.24. The minimum absolute atomic E-state index is 0.469. The molecule has 3 nitrogen and oxygen atoms in total. The van der Waals surface area contributed by atoms with E-state index in [0.29, 0.717) is 5.56 Å². The van der Waals surface area contributed by atoms with Crippen LogP contribution in [0, 0.1) is 0 Å². The summed E-state index contributed by atoms with van der Waals surface area (Å²) in [5.41, 5.74) is 1.22. The zero-order valence-corrected chi connectivity index (χ0v) is 8.77. The van der Waals surface area contributed by atoms with Gasteiger partial charge in [-0.05, 0) is 24.3 Å². The average Bonchev–Trinajstić information content (AvgIpc) is 2.16. The molecule has 0 atom stereocenters. The molecule has 0 fully saturated rings. The summed E-state index contributed by atoms with van der Waals surface area (Å²) in [5.74, 6) is 0. The fraction of sp³-hybridized carbons (Fsp3) is 0.100. The minimum Gasteiger partial charge on any atom is -0.364 e. The first kappa shape index (κ1) is 9.58. The van der Waals surface area contributed by atoms with Crippen LogP contribution in [0.4, 0.5) is 0 Å². The van der Waals surface area contributed by atoms with Crippen molar-refractivity contribution < 1.29 is 10.2 Å². The highest BCUT2D eigenvalue weighted by atomic mass is 79.9. The van der Waals surface area contributed by atoms with Gasteiger partial charge in [-0.3, -0.25) is 4.98 Å². The van der Waals surface area contributed by atoms with E-state index in [2.05, 4.69) is 20.9 Å². The Morgan fingerprint density at radius 2 is 2.00 bits per heavy atom. The molecule has 72 valence electrons. The second kappa shape index (κ2) is 3.65. The van der Waals surface area contributed by atoms with E-state index in [1.54, 1.807) is 12.3 Å². The van der Waals surface area contributed by atoms with E-state index >= 15 is 0 Å². The van der Waals surface area contributed by atoms with Gasteiger partial charge in [0.25, 0.3) is 0 Å². The van der Waals surface area contributed by atoms with E-state index in [1.807, 2.05) is 18.2 Å². The summed E-state index contributed by atoms with van der Waals surface area (Å²) < 4.78 is 0.889. The fourth-order valence-electron chi connectivity index (χ4n) is 1.36. The molecular formula is C10H8BrNO2. The van der Waals surface area contributed by atoms with Crippen molar-refractivity contribution in [2.45, 2.75) is 6.29 Å². The molecule has 0 radical (unpaired) electrons. The number of aliphatic hydroxyl groups excluding tert-OH is 1. The van der Waals surface area contributed by atoms with E-state index in [4.69, 9.17) is 10.2 Å². The zero-order chi connectivity index (χ0) is 10.1. The molecule has 0 aliphatic carbocycles. The molecule has 1 aromatic carbocycles. The van der Waals surface area contributed by atoms with E-state index in [-0.39, 0.29) is 0 Å². The van der Waals surface area contributed by atoms with Gasteiger partial charge >= 0.3 is 0 Å². The zero-order valence-electron chi connectivity index (χ0n) is 7.18. The van der Waals surface area contributed by atoms with Gasteiger partial charge in [0.15, 0.2) is 6.29 Å². The smallest absolute Gasteiger partial charge is 0.179 e. The van der Waals surface area contributed by atoms with Crippen molar-refractivity contribution in [1.29, 1.82) is 0 Å². The molecule has 0 unspecified atom stereocenters. The number of aromatic nitrogens is 1. The second-order valence-electron chi connectivity index (χ2n) is 2.94. The van der Waals surface area contributed by atoms with Crippen LogP contribution in [0.1, 0.15) is 11.9 Å². The Labute approximate surface area is 89.2 Å². The summed E-state index contributed by atoms with van der Waals surface area (Å²) in [5, 5.41) is 19.0. The monoisotopic (exact) mass is 253 g/mol. The Morgan fingerprint density at radius 1 is 1.21 bits per heavy atom. The third-order valence-electron chi connectivity index (χ3n) is 2.02. The van der Waals surface area contributed by atoms with Crippen LogP contribution >= 0.6 is 15.9 Å². The van der Waals surface area contributed by atoms with Crippen molar-refractivity contribution in [2.24, 2.45) is 0 Å². The molecule has 0 saturated carbocycles. The number of hydrogen-bond acceptors (Lipinski definition) is 3. The number of benzene rings is 1. The first-order chi connectivity index (χ1) is 6.68. The van der Waals surface area contributed by atoms with Crippen LogP contribution in [0.2, 0.25) is 0 Å². The number of aliphatic hydroxyl groups is 2. The lowest BCUT2D eigenvalue weighted by molar-refractivity contribution is -0.0413. The molecule has 0 spiro atoms.